The minimum absolute atomic E-state index is 0.0845. The van der Waals surface area contributed by atoms with Crippen LogP contribution in [0.15, 0.2) is 59.7 Å². The van der Waals surface area contributed by atoms with E-state index in [0.29, 0.717) is 23.3 Å². The first kappa shape index (κ1) is 20.2. The Kier molecular flexibility index (Phi) is 6.64. The zero-order chi connectivity index (χ0) is 20.6. The predicted octanol–water partition coefficient (Wildman–Crippen LogP) is 3.49. The molecule has 0 amide bonds. The molecule has 0 aliphatic rings. The third-order valence-electron chi connectivity index (χ3n) is 4.43. The van der Waals surface area contributed by atoms with E-state index in [0.717, 1.165) is 5.56 Å². The molecule has 1 heterocycles. The van der Waals surface area contributed by atoms with Crippen LogP contribution >= 0.6 is 0 Å². The van der Waals surface area contributed by atoms with E-state index in [1.165, 1.54) is 10.9 Å². The number of carbonyl (C=O) groups is 1. The Balaban J connectivity index is 1.55. The van der Waals surface area contributed by atoms with E-state index in [4.69, 9.17) is 9.47 Å². The molecule has 2 aromatic carbocycles. The van der Waals surface area contributed by atoms with E-state index < -0.39 is 6.10 Å². The average molecular weight is 390 g/mol. The van der Waals surface area contributed by atoms with Crippen molar-refractivity contribution in [2.75, 3.05) is 6.61 Å². The summed E-state index contributed by atoms with van der Waals surface area (Å²) in [7, 11) is 0. The molecular weight excluding hydrogens is 368 g/mol. The summed E-state index contributed by atoms with van der Waals surface area (Å²) in [5.41, 5.74) is 1.33. The van der Waals surface area contributed by atoms with Gasteiger partial charge in [-0.05, 0) is 43.7 Å². The lowest BCUT2D eigenvalue weighted by Gasteiger charge is -2.14. The molecule has 0 N–H and O–H groups in total. The molecule has 3 rings (SSSR count). The number of hydrogen-bond donors (Lipinski definition) is 0. The fourth-order valence-electron chi connectivity index (χ4n) is 2.83. The molecule has 0 bridgehead atoms. The first-order valence-electron chi connectivity index (χ1n) is 9.34. The quantitative estimate of drug-likeness (QED) is 0.456. The summed E-state index contributed by atoms with van der Waals surface area (Å²) in [6.45, 7) is 4.12. The lowest BCUT2D eigenvalue weighted by atomic mass is 10.1. The van der Waals surface area contributed by atoms with Crippen molar-refractivity contribution >= 4 is 16.9 Å². The Hall–Kier alpha value is -3.59. The SMILES string of the molecule is CC#CCOc1ccc(C(C)OC(=O)CCn2cnc3ccccc3c2=O)cc1. The number of nitrogens with zero attached hydrogens (tertiary/aromatic N) is 2. The van der Waals surface area contributed by atoms with Gasteiger partial charge in [0.05, 0.1) is 23.7 Å². The fraction of sp³-hybridized carbons (Fsp3) is 0.261. The van der Waals surface area contributed by atoms with Crippen LogP contribution < -0.4 is 10.3 Å². The Morgan fingerprint density at radius 3 is 2.69 bits per heavy atom. The summed E-state index contributed by atoms with van der Waals surface area (Å²) in [5.74, 6) is 5.93. The molecule has 148 valence electrons. The molecule has 1 unspecified atom stereocenters. The number of rotatable bonds is 7. The fourth-order valence-corrected chi connectivity index (χ4v) is 2.83. The van der Waals surface area contributed by atoms with Crippen LogP contribution in [0.5, 0.6) is 5.75 Å². The van der Waals surface area contributed by atoms with Gasteiger partial charge in [-0.15, -0.1) is 5.92 Å². The van der Waals surface area contributed by atoms with Gasteiger partial charge in [0, 0.05) is 6.54 Å². The monoisotopic (exact) mass is 390 g/mol. The third kappa shape index (κ3) is 5.23. The summed E-state index contributed by atoms with van der Waals surface area (Å²) in [4.78, 5) is 28.9. The van der Waals surface area contributed by atoms with Crippen molar-refractivity contribution < 1.29 is 14.3 Å². The standard InChI is InChI=1S/C23H22N2O4/c1-3-4-15-28-19-11-9-18(10-12-19)17(2)29-22(26)13-14-25-16-24-21-8-6-5-7-20(21)23(25)27/h5-12,16-17H,13-15H2,1-2H3. The van der Waals surface area contributed by atoms with Crippen molar-refractivity contribution in [2.45, 2.75) is 32.9 Å². The highest BCUT2D eigenvalue weighted by Gasteiger charge is 2.13. The molecule has 0 aliphatic heterocycles. The van der Waals surface area contributed by atoms with E-state index in [9.17, 15) is 9.59 Å². The Labute approximate surface area is 169 Å². The van der Waals surface area contributed by atoms with E-state index in [1.54, 1.807) is 32.0 Å². The maximum atomic E-state index is 12.5. The smallest absolute Gasteiger partial charge is 0.308 e. The Morgan fingerprint density at radius 2 is 1.93 bits per heavy atom. The van der Waals surface area contributed by atoms with Gasteiger partial charge in [0.2, 0.25) is 0 Å². The van der Waals surface area contributed by atoms with Crippen molar-refractivity contribution in [3.8, 4) is 17.6 Å². The van der Waals surface area contributed by atoms with Crippen molar-refractivity contribution in [3.05, 3.63) is 70.8 Å². The second-order valence-corrected chi connectivity index (χ2v) is 6.43. The van der Waals surface area contributed by atoms with Gasteiger partial charge < -0.3 is 9.47 Å². The number of hydrogen-bond acceptors (Lipinski definition) is 5. The lowest BCUT2D eigenvalue weighted by molar-refractivity contribution is -0.148. The molecule has 0 fully saturated rings. The second kappa shape index (κ2) is 9.56. The molecule has 29 heavy (non-hydrogen) atoms. The number of fused-ring (bicyclic) bond motifs is 1. The van der Waals surface area contributed by atoms with E-state index in [2.05, 4.69) is 16.8 Å². The number of aromatic nitrogens is 2. The number of para-hydroxylation sites is 1. The molecule has 0 spiro atoms. The lowest BCUT2D eigenvalue weighted by Crippen LogP contribution is -2.22. The van der Waals surface area contributed by atoms with Crippen LogP contribution in [0.2, 0.25) is 0 Å². The van der Waals surface area contributed by atoms with Crippen LogP contribution in [0.1, 0.15) is 31.9 Å². The zero-order valence-electron chi connectivity index (χ0n) is 16.4. The predicted molar refractivity (Wildman–Crippen MR) is 111 cm³/mol. The van der Waals surface area contributed by atoms with Crippen LogP contribution in [0, 0.1) is 11.8 Å². The van der Waals surface area contributed by atoms with Crippen LogP contribution in [0.3, 0.4) is 0 Å². The van der Waals surface area contributed by atoms with Crippen LogP contribution in [-0.2, 0) is 16.1 Å². The van der Waals surface area contributed by atoms with Gasteiger partial charge in [0.1, 0.15) is 18.5 Å². The average Bonchev–Trinajstić information content (AvgIpc) is 2.74. The van der Waals surface area contributed by atoms with Gasteiger partial charge in [0.25, 0.3) is 5.56 Å². The van der Waals surface area contributed by atoms with Crippen molar-refractivity contribution in [3.63, 3.8) is 0 Å². The first-order valence-corrected chi connectivity index (χ1v) is 9.34. The van der Waals surface area contributed by atoms with Gasteiger partial charge in [-0.2, -0.15) is 0 Å². The molecule has 0 saturated heterocycles. The number of esters is 1. The van der Waals surface area contributed by atoms with Crippen molar-refractivity contribution in [2.24, 2.45) is 0 Å². The van der Waals surface area contributed by atoms with Gasteiger partial charge >= 0.3 is 5.97 Å². The van der Waals surface area contributed by atoms with Crippen molar-refractivity contribution in [1.82, 2.24) is 9.55 Å². The molecule has 1 atom stereocenters. The topological polar surface area (TPSA) is 70.4 Å². The highest BCUT2D eigenvalue weighted by atomic mass is 16.5. The maximum Gasteiger partial charge on any atom is 0.308 e. The highest BCUT2D eigenvalue weighted by Crippen LogP contribution is 2.21. The Bertz CT molecular complexity index is 1110. The van der Waals surface area contributed by atoms with Gasteiger partial charge in [-0.1, -0.05) is 30.2 Å². The van der Waals surface area contributed by atoms with Crippen LogP contribution in [-0.4, -0.2) is 22.1 Å². The van der Waals surface area contributed by atoms with E-state index in [1.807, 2.05) is 30.3 Å². The van der Waals surface area contributed by atoms with Crippen LogP contribution in [0.4, 0.5) is 0 Å². The highest BCUT2D eigenvalue weighted by molar-refractivity contribution is 5.77. The largest absolute Gasteiger partial charge is 0.481 e. The van der Waals surface area contributed by atoms with Gasteiger partial charge in [-0.25, -0.2) is 4.98 Å². The summed E-state index contributed by atoms with van der Waals surface area (Å²) >= 11 is 0. The molecule has 6 heteroatoms. The number of carbonyl (C=O) groups excluding carboxylic acids is 1. The minimum Gasteiger partial charge on any atom is -0.481 e. The molecule has 0 saturated carbocycles. The first-order chi connectivity index (χ1) is 14.1. The third-order valence-corrected chi connectivity index (χ3v) is 4.43. The normalized spacial score (nSPS) is 11.4. The van der Waals surface area contributed by atoms with E-state index in [-0.39, 0.29) is 24.5 Å². The van der Waals surface area contributed by atoms with Gasteiger partial charge in [-0.3, -0.25) is 14.2 Å². The summed E-state index contributed by atoms with van der Waals surface area (Å²) in [5, 5.41) is 0.531. The number of benzene rings is 2. The van der Waals surface area contributed by atoms with Gasteiger partial charge in [0.15, 0.2) is 0 Å². The molecule has 6 nitrogen and oxygen atoms in total. The molecule has 0 radical (unpaired) electrons. The summed E-state index contributed by atoms with van der Waals surface area (Å²) in [6, 6.07) is 14.5. The molecular formula is C23H22N2O4. The molecule has 3 aromatic rings. The molecule has 1 aromatic heterocycles. The summed E-state index contributed by atoms with van der Waals surface area (Å²) < 4.78 is 12.4. The van der Waals surface area contributed by atoms with Crippen molar-refractivity contribution in [1.29, 1.82) is 0 Å². The number of aryl methyl sites for hydroxylation is 1. The van der Waals surface area contributed by atoms with E-state index >= 15 is 0 Å². The number of ether oxygens (including phenoxy) is 2. The molecule has 0 aliphatic carbocycles. The minimum atomic E-state index is -0.404. The summed E-state index contributed by atoms with van der Waals surface area (Å²) in [6.07, 6.45) is 1.14. The maximum absolute atomic E-state index is 12.5. The zero-order valence-corrected chi connectivity index (χ0v) is 16.4. The Morgan fingerprint density at radius 1 is 1.17 bits per heavy atom. The second-order valence-electron chi connectivity index (χ2n) is 6.43. The van der Waals surface area contributed by atoms with Crippen LogP contribution in [0.25, 0.3) is 10.9 Å².